The van der Waals surface area contributed by atoms with Crippen molar-refractivity contribution >= 4 is 17.6 Å². The highest BCUT2D eigenvalue weighted by atomic mass is 16.5. The summed E-state index contributed by atoms with van der Waals surface area (Å²) >= 11 is 0. The van der Waals surface area contributed by atoms with Gasteiger partial charge in [0.1, 0.15) is 6.54 Å². The molecule has 0 bridgehead atoms. The number of carbonyl (C=O) groups is 2. The van der Waals surface area contributed by atoms with Gasteiger partial charge in [-0.2, -0.15) is 0 Å². The number of carbonyl (C=O) groups excluding carboxylic acids is 2. The summed E-state index contributed by atoms with van der Waals surface area (Å²) in [5.41, 5.74) is 4.50. The van der Waals surface area contributed by atoms with Crippen molar-refractivity contribution in [2.45, 2.75) is 25.6 Å². The van der Waals surface area contributed by atoms with Gasteiger partial charge in [0.05, 0.1) is 7.11 Å². The van der Waals surface area contributed by atoms with E-state index in [9.17, 15) is 9.59 Å². The van der Waals surface area contributed by atoms with Crippen LogP contribution in [0.1, 0.15) is 16.7 Å². The van der Waals surface area contributed by atoms with E-state index in [0.29, 0.717) is 19.5 Å². The molecular formula is C22H28N3O3+. The van der Waals surface area contributed by atoms with E-state index in [2.05, 4.69) is 11.4 Å². The fourth-order valence-corrected chi connectivity index (χ4v) is 3.62. The molecule has 1 unspecified atom stereocenters. The van der Waals surface area contributed by atoms with Gasteiger partial charge in [-0.05, 0) is 23.3 Å². The largest absolute Gasteiger partial charge is 0.465 e. The van der Waals surface area contributed by atoms with Crippen molar-refractivity contribution in [3.05, 3.63) is 65.2 Å². The van der Waals surface area contributed by atoms with Gasteiger partial charge >= 0.3 is 5.97 Å². The first-order valence-electron chi connectivity index (χ1n) is 9.50. The number of nitrogens with zero attached hydrogens (tertiary/aromatic N) is 1. The Labute approximate surface area is 166 Å². The molecule has 1 heterocycles. The summed E-state index contributed by atoms with van der Waals surface area (Å²) < 4.78 is 4.98. The van der Waals surface area contributed by atoms with E-state index < -0.39 is 0 Å². The summed E-state index contributed by atoms with van der Waals surface area (Å²) in [6.07, 6.45) is 0.595. The average Bonchev–Trinajstić information content (AvgIpc) is 2.71. The lowest BCUT2D eigenvalue weighted by Crippen LogP contribution is -3.17. The molecule has 0 radical (unpaired) electrons. The zero-order chi connectivity index (χ0) is 20.1. The molecule has 1 aliphatic rings. The van der Waals surface area contributed by atoms with Crippen molar-refractivity contribution in [2.75, 3.05) is 32.6 Å². The fourth-order valence-electron chi connectivity index (χ4n) is 3.62. The molecule has 1 amide bonds. The second-order valence-electron chi connectivity index (χ2n) is 7.40. The summed E-state index contributed by atoms with van der Waals surface area (Å²) in [6, 6.07) is 15.8. The molecule has 0 fully saturated rings. The van der Waals surface area contributed by atoms with Crippen molar-refractivity contribution in [1.82, 2.24) is 5.32 Å². The van der Waals surface area contributed by atoms with Crippen LogP contribution in [-0.2, 0) is 33.8 Å². The van der Waals surface area contributed by atoms with Crippen LogP contribution in [0.4, 0.5) is 5.69 Å². The first-order valence-corrected chi connectivity index (χ1v) is 9.50. The summed E-state index contributed by atoms with van der Waals surface area (Å²) in [6.45, 7) is 1.35. The molecule has 0 aliphatic carbocycles. The third-order valence-electron chi connectivity index (χ3n) is 5.27. The Hall–Kier alpha value is -2.86. The van der Waals surface area contributed by atoms with E-state index in [-0.39, 0.29) is 24.5 Å². The Morgan fingerprint density at radius 3 is 2.43 bits per heavy atom. The van der Waals surface area contributed by atoms with Gasteiger partial charge in [-0.15, -0.1) is 0 Å². The molecule has 0 spiro atoms. The third-order valence-corrected chi connectivity index (χ3v) is 5.27. The molecule has 2 N–H and O–H groups in total. The highest BCUT2D eigenvalue weighted by molar-refractivity contribution is 5.78. The maximum absolute atomic E-state index is 12.5. The molecule has 2 atom stereocenters. The van der Waals surface area contributed by atoms with Gasteiger partial charge in [0, 0.05) is 38.3 Å². The molecule has 0 saturated carbocycles. The van der Waals surface area contributed by atoms with Crippen LogP contribution in [0.25, 0.3) is 0 Å². The Bertz CT molecular complexity index is 833. The van der Waals surface area contributed by atoms with Crippen LogP contribution in [0, 0.1) is 0 Å². The first-order chi connectivity index (χ1) is 13.5. The minimum absolute atomic E-state index is 0.0695. The number of hydrogen-bond acceptors (Lipinski definition) is 4. The SMILES string of the molecule is COC(=O)[C@@H]1Cc2ccccc2C[NH+]1CC(=O)NCc1ccc(N(C)C)cc1. The van der Waals surface area contributed by atoms with Crippen LogP contribution >= 0.6 is 0 Å². The van der Waals surface area contributed by atoms with Gasteiger partial charge in [-0.25, -0.2) is 4.79 Å². The molecule has 148 valence electrons. The number of benzene rings is 2. The lowest BCUT2D eigenvalue weighted by Gasteiger charge is -2.31. The summed E-state index contributed by atoms with van der Waals surface area (Å²) in [7, 11) is 5.39. The molecule has 28 heavy (non-hydrogen) atoms. The number of hydrogen-bond donors (Lipinski definition) is 2. The maximum Gasteiger partial charge on any atom is 0.365 e. The summed E-state index contributed by atoms with van der Waals surface area (Å²) in [5.74, 6) is -0.337. The number of nitrogens with one attached hydrogen (secondary N) is 2. The van der Waals surface area contributed by atoms with Crippen molar-refractivity contribution in [3.63, 3.8) is 0 Å². The van der Waals surface area contributed by atoms with E-state index in [4.69, 9.17) is 4.74 Å². The maximum atomic E-state index is 12.5. The molecule has 1 aliphatic heterocycles. The van der Waals surface area contributed by atoms with Gasteiger partial charge in [0.15, 0.2) is 12.6 Å². The quantitative estimate of drug-likeness (QED) is 0.717. The Morgan fingerprint density at radius 1 is 1.11 bits per heavy atom. The van der Waals surface area contributed by atoms with Gasteiger partial charge in [0.25, 0.3) is 5.91 Å². The zero-order valence-corrected chi connectivity index (χ0v) is 16.7. The number of anilines is 1. The van der Waals surface area contributed by atoms with Gasteiger partial charge in [-0.1, -0.05) is 36.4 Å². The van der Waals surface area contributed by atoms with E-state index in [1.807, 2.05) is 61.5 Å². The van der Waals surface area contributed by atoms with Crippen molar-refractivity contribution in [3.8, 4) is 0 Å². The lowest BCUT2D eigenvalue weighted by atomic mass is 9.94. The lowest BCUT2D eigenvalue weighted by molar-refractivity contribution is -0.924. The molecule has 3 rings (SSSR count). The number of quaternary nitrogens is 1. The van der Waals surface area contributed by atoms with Crippen LogP contribution in [0.15, 0.2) is 48.5 Å². The van der Waals surface area contributed by atoms with Crippen LogP contribution in [0.3, 0.4) is 0 Å². The molecule has 2 aromatic carbocycles. The van der Waals surface area contributed by atoms with E-state index in [1.54, 1.807) is 0 Å². The van der Waals surface area contributed by atoms with E-state index >= 15 is 0 Å². The van der Waals surface area contributed by atoms with E-state index in [0.717, 1.165) is 21.7 Å². The van der Waals surface area contributed by atoms with Crippen LogP contribution in [0.2, 0.25) is 0 Å². The Balaban J connectivity index is 1.62. The highest BCUT2D eigenvalue weighted by Gasteiger charge is 2.36. The molecule has 0 saturated heterocycles. The van der Waals surface area contributed by atoms with Gasteiger partial charge < -0.3 is 19.9 Å². The van der Waals surface area contributed by atoms with Crippen LogP contribution in [-0.4, -0.2) is 45.7 Å². The van der Waals surface area contributed by atoms with Crippen molar-refractivity contribution in [1.29, 1.82) is 0 Å². The predicted octanol–water partition coefficient (Wildman–Crippen LogP) is 0.552. The normalized spacial score (nSPS) is 18.1. The monoisotopic (exact) mass is 382 g/mol. The van der Waals surface area contributed by atoms with Gasteiger partial charge in [-0.3, -0.25) is 4.79 Å². The van der Waals surface area contributed by atoms with E-state index in [1.165, 1.54) is 12.7 Å². The Kier molecular flexibility index (Phi) is 6.31. The molecular weight excluding hydrogens is 354 g/mol. The number of rotatable bonds is 6. The smallest absolute Gasteiger partial charge is 0.365 e. The Morgan fingerprint density at radius 2 is 1.79 bits per heavy atom. The fraction of sp³-hybridized carbons (Fsp3) is 0.364. The van der Waals surface area contributed by atoms with Crippen LogP contribution in [0.5, 0.6) is 0 Å². The minimum atomic E-state index is -0.356. The van der Waals surface area contributed by atoms with Crippen molar-refractivity contribution in [2.24, 2.45) is 0 Å². The van der Waals surface area contributed by atoms with Crippen molar-refractivity contribution < 1.29 is 19.2 Å². The number of amides is 1. The topological polar surface area (TPSA) is 63.1 Å². The number of ether oxygens (including phenoxy) is 1. The number of methoxy groups -OCH3 is 1. The second kappa shape index (κ2) is 8.89. The first kappa shape index (κ1) is 19.9. The second-order valence-corrected chi connectivity index (χ2v) is 7.40. The zero-order valence-electron chi connectivity index (χ0n) is 16.7. The summed E-state index contributed by atoms with van der Waals surface area (Å²) in [5, 5.41) is 2.97. The molecule has 0 aromatic heterocycles. The number of esters is 1. The third kappa shape index (κ3) is 4.70. The average molecular weight is 382 g/mol. The summed E-state index contributed by atoms with van der Waals surface area (Å²) in [4.78, 5) is 27.7. The number of fused-ring (bicyclic) bond motifs is 1. The standard InChI is InChI=1S/C22H27N3O3/c1-24(2)19-10-8-16(9-11-19)13-23-21(26)15-25-14-18-7-5-4-6-17(18)12-20(25)22(27)28-3/h4-11,20H,12-15H2,1-3H3,(H,23,26)/p+1/t20-/m0/s1. The highest BCUT2D eigenvalue weighted by Crippen LogP contribution is 2.14. The predicted molar refractivity (Wildman–Crippen MR) is 108 cm³/mol. The molecule has 6 heteroatoms. The molecule has 6 nitrogen and oxygen atoms in total. The molecule has 2 aromatic rings. The van der Waals surface area contributed by atoms with Gasteiger partial charge in [0.2, 0.25) is 0 Å². The van der Waals surface area contributed by atoms with Crippen LogP contribution < -0.4 is 15.1 Å². The minimum Gasteiger partial charge on any atom is -0.465 e.